The maximum Gasteiger partial charge on any atom is 0.328 e. The first-order valence-corrected chi connectivity index (χ1v) is 4.92. The Morgan fingerprint density at radius 2 is 2.25 bits per heavy atom. The lowest BCUT2D eigenvalue weighted by Gasteiger charge is -2.21. The van der Waals surface area contributed by atoms with Crippen LogP contribution in [-0.2, 0) is 4.79 Å². The van der Waals surface area contributed by atoms with Gasteiger partial charge in [-0.2, -0.15) is 0 Å². The van der Waals surface area contributed by atoms with Crippen LogP contribution in [0.4, 0.5) is 5.82 Å². The molecule has 0 amide bonds. The predicted molar refractivity (Wildman–Crippen MR) is 58.5 cm³/mol. The summed E-state index contributed by atoms with van der Waals surface area (Å²) < 4.78 is 5.18. The largest absolute Gasteiger partial charge is 0.480 e. The topological polar surface area (TPSA) is 84.3 Å². The van der Waals surface area contributed by atoms with E-state index >= 15 is 0 Å². The molecule has 0 atom stereocenters. The second-order valence-corrected chi connectivity index (χ2v) is 3.73. The van der Waals surface area contributed by atoms with Gasteiger partial charge in [-0.25, -0.2) is 14.8 Å². The van der Waals surface area contributed by atoms with Crippen molar-refractivity contribution in [1.29, 1.82) is 0 Å². The van der Waals surface area contributed by atoms with Crippen molar-refractivity contribution in [2.24, 2.45) is 0 Å². The van der Waals surface area contributed by atoms with E-state index in [1.165, 1.54) is 6.33 Å². The number of anilines is 1. The van der Waals surface area contributed by atoms with E-state index < -0.39 is 11.5 Å². The fraction of sp³-hybridized carbons (Fsp3) is 0.500. The van der Waals surface area contributed by atoms with Crippen LogP contribution in [0.25, 0.3) is 0 Å². The molecule has 0 spiro atoms. The summed E-state index contributed by atoms with van der Waals surface area (Å²) in [4.78, 5) is 18.7. The molecule has 0 fully saturated rings. The second kappa shape index (κ2) is 4.78. The van der Waals surface area contributed by atoms with Crippen molar-refractivity contribution in [2.45, 2.75) is 26.3 Å². The number of aliphatic carboxylic acids is 1. The minimum Gasteiger partial charge on any atom is -0.480 e. The summed E-state index contributed by atoms with van der Waals surface area (Å²) in [7, 11) is 0. The molecule has 1 heterocycles. The van der Waals surface area contributed by atoms with E-state index in [0.29, 0.717) is 18.3 Å². The van der Waals surface area contributed by atoms with E-state index in [2.05, 4.69) is 15.3 Å². The van der Waals surface area contributed by atoms with Crippen molar-refractivity contribution < 1.29 is 14.6 Å². The maximum atomic E-state index is 10.9. The first-order chi connectivity index (χ1) is 7.45. The van der Waals surface area contributed by atoms with Gasteiger partial charge in [0.15, 0.2) is 0 Å². The summed E-state index contributed by atoms with van der Waals surface area (Å²) in [6.07, 6.45) is 1.32. The van der Waals surface area contributed by atoms with Gasteiger partial charge >= 0.3 is 5.97 Å². The number of carboxylic acids is 1. The van der Waals surface area contributed by atoms with Gasteiger partial charge in [-0.05, 0) is 20.8 Å². The highest BCUT2D eigenvalue weighted by atomic mass is 16.5. The van der Waals surface area contributed by atoms with Crippen molar-refractivity contribution in [3.63, 3.8) is 0 Å². The number of nitrogens with zero attached hydrogens (tertiary/aromatic N) is 2. The highest BCUT2D eigenvalue weighted by Crippen LogP contribution is 2.16. The Hall–Kier alpha value is -1.85. The number of carbonyl (C=O) groups is 1. The second-order valence-electron chi connectivity index (χ2n) is 3.73. The minimum absolute atomic E-state index is 0.418. The van der Waals surface area contributed by atoms with Gasteiger partial charge < -0.3 is 15.2 Å². The summed E-state index contributed by atoms with van der Waals surface area (Å²) in [6.45, 7) is 5.45. The smallest absolute Gasteiger partial charge is 0.328 e. The van der Waals surface area contributed by atoms with Crippen molar-refractivity contribution in [3.8, 4) is 5.88 Å². The molecule has 0 saturated carbocycles. The van der Waals surface area contributed by atoms with Crippen LogP contribution in [0.2, 0.25) is 0 Å². The van der Waals surface area contributed by atoms with E-state index in [4.69, 9.17) is 9.84 Å². The Bertz CT molecular complexity index is 379. The number of carboxylic acid groups (broad SMARTS) is 1. The molecule has 0 aliphatic rings. The normalized spacial score (nSPS) is 10.9. The first kappa shape index (κ1) is 12.2. The number of hydrogen-bond acceptors (Lipinski definition) is 5. The van der Waals surface area contributed by atoms with Gasteiger partial charge in [0.2, 0.25) is 5.88 Å². The summed E-state index contributed by atoms with van der Waals surface area (Å²) >= 11 is 0. The van der Waals surface area contributed by atoms with E-state index in [9.17, 15) is 4.79 Å². The van der Waals surface area contributed by atoms with Gasteiger partial charge in [0, 0.05) is 6.07 Å². The third kappa shape index (κ3) is 3.08. The quantitative estimate of drug-likeness (QED) is 0.782. The van der Waals surface area contributed by atoms with Crippen LogP contribution in [0.15, 0.2) is 12.4 Å². The molecule has 2 N–H and O–H groups in total. The summed E-state index contributed by atoms with van der Waals surface area (Å²) in [6, 6.07) is 1.56. The van der Waals surface area contributed by atoms with Crippen LogP contribution >= 0.6 is 0 Å². The van der Waals surface area contributed by atoms with E-state index in [1.54, 1.807) is 19.9 Å². The molecule has 6 nitrogen and oxygen atoms in total. The molecule has 1 rings (SSSR count). The molecular weight excluding hydrogens is 210 g/mol. The Morgan fingerprint density at radius 1 is 1.56 bits per heavy atom. The summed E-state index contributed by atoms with van der Waals surface area (Å²) in [5.74, 6) is -0.115. The number of hydrogen-bond donors (Lipinski definition) is 2. The highest BCUT2D eigenvalue weighted by Gasteiger charge is 2.27. The molecule has 0 saturated heterocycles. The lowest BCUT2D eigenvalue weighted by molar-refractivity contribution is -0.141. The zero-order valence-electron chi connectivity index (χ0n) is 9.52. The van der Waals surface area contributed by atoms with Crippen LogP contribution in [0, 0.1) is 0 Å². The molecule has 6 heteroatoms. The molecule has 0 bridgehead atoms. The zero-order valence-corrected chi connectivity index (χ0v) is 9.52. The van der Waals surface area contributed by atoms with Crippen molar-refractivity contribution in [1.82, 2.24) is 9.97 Å². The third-order valence-corrected chi connectivity index (χ3v) is 1.91. The molecule has 0 radical (unpaired) electrons. The van der Waals surface area contributed by atoms with Gasteiger partial charge in [-0.3, -0.25) is 0 Å². The van der Waals surface area contributed by atoms with Crippen LogP contribution in [0.3, 0.4) is 0 Å². The summed E-state index contributed by atoms with van der Waals surface area (Å²) in [5, 5.41) is 11.7. The van der Waals surface area contributed by atoms with Gasteiger partial charge in [0.1, 0.15) is 17.7 Å². The zero-order chi connectivity index (χ0) is 12.2. The Balaban J connectivity index is 2.81. The van der Waals surface area contributed by atoms with Crippen LogP contribution in [0.1, 0.15) is 20.8 Å². The molecule has 16 heavy (non-hydrogen) atoms. The molecule has 88 valence electrons. The number of aromatic nitrogens is 2. The van der Waals surface area contributed by atoms with Crippen molar-refractivity contribution >= 4 is 11.8 Å². The molecule has 1 aromatic rings. The lowest BCUT2D eigenvalue weighted by atomic mass is 10.1. The Morgan fingerprint density at radius 3 is 2.81 bits per heavy atom. The Labute approximate surface area is 93.7 Å². The average molecular weight is 225 g/mol. The van der Waals surface area contributed by atoms with Gasteiger partial charge in [0.25, 0.3) is 0 Å². The van der Waals surface area contributed by atoms with Gasteiger partial charge in [-0.1, -0.05) is 0 Å². The van der Waals surface area contributed by atoms with E-state index in [-0.39, 0.29) is 0 Å². The van der Waals surface area contributed by atoms with Gasteiger partial charge in [-0.15, -0.1) is 0 Å². The molecular formula is C10H15N3O3. The fourth-order valence-electron chi connectivity index (χ4n) is 1.01. The highest BCUT2D eigenvalue weighted by molar-refractivity contribution is 5.81. The van der Waals surface area contributed by atoms with Crippen molar-refractivity contribution in [2.75, 3.05) is 11.9 Å². The van der Waals surface area contributed by atoms with E-state index in [1.807, 2.05) is 6.92 Å². The SMILES string of the molecule is CCOc1cc(NC(C)(C)C(=O)O)ncn1. The standard InChI is InChI=1S/C10H15N3O3/c1-4-16-8-5-7(11-6-12-8)13-10(2,3)9(14)15/h5-6H,4H2,1-3H3,(H,14,15)(H,11,12,13). The number of nitrogens with one attached hydrogen (secondary N) is 1. The number of rotatable bonds is 5. The first-order valence-electron chi connectivity index (χ1n) is 4.92. The van der Waals surface area contributed by atoms with Crippen LogP contribution in [-0.4, -0.2) is 33.2 Å². The van der Waals surface area contributed by atoms with E-state index in [0.717, 1.165) is 0 Å². The molecule has 0 aliphatic heterocycles. The predicted octanol–water partition coefficient (Wildman–Crippen LogP) is 1.15. The molecule has 0 unspecified atom stereocenters. The Kier molecular flexibility index (Phi) is 3.65. The fourth-order valence-corrected chi connectivity index (χ4v) is 1.01. The third-order valence-electron chi connectivity index (χ3n) is 1.91. The minimum atomic E-state index is -1.09. The van der Waals surface area contributed by atoms with Gasteiger partial charge in [0.05, 0.1) is 6.61 Å². The average Bonchev–Trinajstić information content (AvgIpc) is 2.17. The molecule has 1 aromatic heterocycles. The molecule has 0 aromatic carbocycles. The van der Waals surface area contributed by atoms with Crippen LogP contribution in [0.5, 0.6) is 5.88 Å². The summed E-state index contributed by atoms with van der Waals surface area (Å²) in [5.41, 5.74) is -1.09. The van der Waals surface area contributed by atoms with Crippen molar-refractivity contribution in [3.05, 3.63) is 12.4 Å². The molecule has 0 aliphatic carbocycles. The maximum absolute atomic E-state index is 10.9. The monoisotopic (exact) mass is 225 g/mol. The van der Waals surface area contributed by atoms with Crippen LogP contribution < -0.4 is 10.1 Å². The number of ether oxygens (including phenoxy) is 1. The lowest BCUT2D eigenvalue weighted by Crippen LogP contribution is -2.40.